The van der Waals surface area contributed by atoms with Crippen molar-refractivity contribution in [2.24, 2.45) is 0 Å². The molecule has 0 aliphatic heterocycles. The number of nitrogens with zero attached hydrogens (tertiary/aromatic N) is 5. The molecule has 0 fully saturated rings. The number of aryl methyl sites for hydroxylation is 1. The number of aromatic nitrogens is 5. The average Bonchev–Trinajstić information content (AvgIpc) is 3.46. The maximum atomic E-state index is 13.1. The van der Waals surface area contributed by atoms with Crippen LogP contribution < -0.4 is 5.56 Å². The van der Waals surface area contributed by atoms with Gasteiger partial charge in [-0.2, -0.15) is 5.10 Å². The third-order valence-electron chi connectivity index (χ3n) is 5.28. The van der Waals surface area contributed by atoms with Crippen molar-refractivity contribution in [2.45, 2.75) is 33.4 Å². The second-order valence-corrected chi connectivity index (χ2v) is 8.05. The summed E-state index contributed by atoms with van der Waals surface area (Å²) in [6.07, 6.45) is 4.82. The normalized spacial score (nSPS) is 11.5. The van der Waals surface area contributed by atoms with Gasteiger partial charge >= 0.3 is 5.97 Å². The highest BCUT2D eigenvalue weighted by Crippen LogP contribution is 2.27. The van der Waals surface area contributed by atoms with Crippen molar-refractivity contribution >= 4 is 22.6 Å². The van der Waals surface area contributed by atoms with Crippen LogP contribution in [0.3, 0.4) is 0 Å². The van der Waals surface area contributed by atoms with E-state index in [1.54, 1.807) is 47.6 Å². The number of carbonyl (C=O) groups excluding carboxylic acids is 1. The largest absolute Gasteiger partial charge is 0.463 e. The third kappa shape index (κ3) is 3.78. The minimum Gasteiger partial charge on any atom is -0.463 e. The Morgan fingerprint density at radius 3 is 2.79 bits per heavy atom. The van der Waals surface area contributed by atoms with Crippen molar-refractivity contribution in [1.82, 2.24) is 24.1 Å². The Bertz CT molecular complexity index is 1550. The first kappa shape index (κ1) is 20.6. The van der Waals surface area contributed by atoms with Crippen LogP contribution in [0.2, 0.25) is 0 Å². The predicted molar refractivity (Wildman–Crippen MR) is 121 cm³/mol. The van der Waals surface area contributed by atoms with Crippen molar-refractivity contribution in [3.8, 4) is 11.5 Å². The highest BCUT2D eigenvalue weighted by molar-refractivity contribution is 6.03. The molecule has 0 unspecified atom stereocenters. The van der Waals surface area contributed by atoms with Crippen molar-refractivity contribution in [2.75, 3.05) is 0 Å². The van der Waals surface area contributed by atoms with Crippen LogP contribution in [-0.4, -0.2) is 30.1 Å². The molecule has 0 amide bonds. The molecule has 0 spiro atoms. The van der Waals surface area contributed by atoms with E-state index in [1.807, 2.05) is 26.8 Å². The van der Waals surface area contributed by atoms with Crippen LogP contribution in [-0.2, 0) is 11.3 Å². The van der Waals surface area contributed by atoms with Crippen LogP contribution in [0.5, 0.6) is 0 Å². The lowest BCUT2D eigenvalue weighted by Gasteiger charge is -2.10. The molecule has 0 saturated heterocycles. The van der Waals surface area contributed by atoms with E-state index in [-0.39, 0.29) is 18.2 Å². The van der Waals surface area contributed by atoms with E-state index >= 15 is 0 Å². The van der Waals surface area contributed by atoms with Gasteiger partial charge in [0.05, 0.1) is 29.1 Å². The van der Waals surface area contributed by atoms with Gasteiger partial charge in [0.15, 0.2) is 11.4 Å². The molecule has 166 valence electrons. The molecule has 0 aliphatic rings. The Labute approximate surface area is 188 Å². The Balaban J connectivity index is 1.51. The maximum absolute atomic E-state index is 13.1. The number of carbonyl (C=O) groups is 1. The summed E-state index contributed by atoms with van der Waals surface area (Å²) in [6, 6.07) is 10.2. The summed E-state index contributed by atoms with van der Waals surface area (Å²) in [6.45, 7) is 5.74. The van der Waals surface area contributed by atoms with Crippen molar-refractivity contribution in [3.63, 3.8) is 0 Å². The number of hydrogen-bond donors (Lipinski definition) is 0. The number of pyridine rings is 2. The quantitative estimate of drug-likeness (QED) is 0.379. The summed E-state index contributed by atoms with van der Waals surface area (Å²) >= 11 is 0. The molecule has 33 heavy (non-hydrogen) atoms. The number of hydrogen-bond acceptors (Lipinski definition) is 7. The number of esters is 1. The molecule has 0 N–H and O–H groups in total. The highest BCUT2D eigenvalue weighted by Gasteiger charge is 2.20. The van der Waals surface area contributed by atoms with Crippen LogP contribution in [0.15, 0.2) is 64.3 Å². The third-order valence-corrected chi connectivity index (χ3v) is 5.28. The zero-order valence-electron chi connectivity index (χ0n) is 18.3. The minimum absolute atomic E-state index is 0.0453. The smallest absolute Gasteiger partial charge is 0.339 e. The summed E-state index contributed by atoms with van der Waals surface area (Å²) in [4.78, 5) is 34.6. The summed E-state index contributed by atoms with van der Waals surface area (Å²) in [5, 5.41) is 4.97. The van der Waals surface area contributed by atoms with E-state index in [0.717, 1.165) is 5.56 Å². The maximum Gasteiger partial charge on any atom is 0.339 e. The van der Waals surface area contributed by atoms with Crippen LogP contribution in [0, 0.1) is 6.92 Å². The molecule has 5 heterocycles. The van der Waals surface area contributed by atoms with Crippen LogP contribution in [0.4, 0.5) is 0 Å². The van der Waals surface area contributed by atoms with Gasteiger partial charge in [-0.1, -0.05) is 0 Å². The van der Waals surface area contributed by atoms with Crippen molar-refractivity contribution in [3.05, 3.63) is 82.2 Å². The minimum atomic E-state index is -0.565. The first-order valence-corrected chi connectivity index (χ1v) is 10.5. The zero-order valence-corrected chi connectivity index (χ0v) is 18.3. The Hall–Kier alpha value is -4.27. The first-order valence-electron chi connectivity index (χ1n) is 10.5. The van der Waals surface area contributed by atoms with Gasteiger partial charge in [0.25, 0.3) is 5.56 Å². The van der Waals surface area contributed by atoms with Crippen LogP contribution in [0.25, 0.3) is 28.1 Å². The molecule has 5 rings (SSSR count). The summed E-state index contributed by atoms with van der Waals surface area (Å²) < 4.78 is 14.2. The van der Waals surface area contributed by atoms with E-state index in [0.29, 0.717) is 39.4 Å². The Morgan fingerprint density at radius 2 is 2.03 bits per heavy atom. The molecule has 0 atom stereocenters. The number of rotatable bonds is 5. The monoisotopic (exact) mass is 443 g/mol. The molecular formula is C24H21N5O4. The molecule has 9 heteroatoms. The van der Waals surface area contributed by atoms with Gasteiger partial charge in [-0.25, -0.2) is 19.4 Å². The van der Waals surface area contributed by atoms with Gasteiger partial charge in [0.2, 0.25) is 0 Å². The molecular weight excluding hydrogens is 422 g/mol. The number of ether oxygens (including phenoxy) is 1. The lowest BCUT2D eigenvalue weighted by molar-refractivity contribution is 0.0470. The van der Waals surface area contributed by atoms with Gasteiger partial charge in [-0.15, -0.1) is 0 Å². The van der Waals surface area contributed by atoms with E-state index in [1.165, 1.54) is 10.5 Å². The molecule has 0 bridgehead atoms. The lowest BCUT2D eigenvalue weighted by atomic mass is 10.1. The highest BCUT2D eigenvalue weighted by atomic mass is 16.5. The SMILES string of the molecule is Cc1ccn2c(=O)cc(COC(=O)c3cc(-c4ccco4)nc4c3cnn4C(C)C)nc2c1. The lowest BCUT2D eigenvalue weighted by Crippen LogP contribution is -2.17. The summed E-state index contributed by atoms with van der Waals surface area (Å²) in [5.74, 6) is -0.0354. The van der Waals surface area contributed by atoms with Crippen LogP contribution >= 0.6 is 0 Å². The second-order valence-electron chi connectivity index (χ2n) is 8.05. The van der Waals surface area contributed by atoms with E-state index in [4.69, 9.17) is 9.15 Å². The second kappa shape index (κ2) is 8.01. The molecule has 0 saturated carbocycles. The van der Waals surface area contributed by atoms with Crippen molar-refractivity contribution < 1.29 is 13.9 Å². The molecule has 5 aromatic heterocycles. The molecule has 0 aromatic carbocycles. The van der Waals surface area contributed by atoms with Crippen molar-refractivity contribution in [1.29, 1.82) is 0 Å². The van der Waals surface area contributed by atoms with Crippen LogP contribution in [0.1, 0.15) is 41.5 Å². The van der Waals surface area contributed by atoms with E-state index in [9.17, 15) is 9.59 Å². The number of furan rings is 1. The van der Waals surface area contributed by atoms with E-state index in [2.05, 4.69) is 15.1 Å². The molecule has 0 aliphatic carbocycles. The fourth-order valence-corrected chi connectivity index (χ4v) is 3.66. The summed E-state index contributed by atoms with van der Waals surface area (Å²) in [5.41, 5.74) is 2.97. The fourth-order valence-electron chi connectivity index (χ4n) is 3.66. The first-order chi connectivity index (χ1) is 15.9. The standard InChI is InChI=1S/C24H21N5O4/c1-14(2)29-23-18(12-25-29)17(11-19(27-23)20-5-4-8-32-20)24(31)33-13-16-10-22(30)28-7-6-15(3)9-21(28)26-16/h4-12,14H,13H2,1-3H3. The molecule has 9 nitrogen and oxygen atoms in total. The van der Waals surface area contributed by atoms with Gasteiger partial charge in [-0.05, 0) is 56.7 Å². The molecule has 5 aromatic rings. The summed E-state index contributed by atoms with van der Waals surface area (Å²) in [7, 11) is 0. The number of fused-ring (bicyclic) bond motifs is 2. The average molecular weight is 443 g/mol. The molecule has 0 radical (unpaired) electrons. The van der Waals surface area contributed by atoms with E-state index < -0.39 is 5.97 Å². The fraction of sp³-hybridized carbons (Fsp3) is 0.208. The van der Waals surface area contributed by atoms with Gasteiger partial charge in [0.1, 0.15) is 17.9 Å². The zero-order chi connectivity index (χ0) is 23.1. The Morgan fingerprint density at radius 1 is 1.18 bits per heavy atom. The van der Waals surface area contributed by atoms with Gasteiger partial charge in [-0.3, -0.25) is 9.20 Å². The topological polar surface area (TPSA) is 105 Å². The van der Waals surface area contributed by atoms with Gasteiger partial charge in [0, 0.05) is 18.3 Å². The van der Waals surface area contributed by atoms with Gasteiger partial charge < -0.3 is 9.15 Å². The predicted octanol–water partition coefficient (Wildman–Crippen LogP) is 3.95. The Kier molecular flexibility index (Phi) is 5.01.